The van der Waals surface area contributed by atoms with E-state index in [1.807, 2.05) is 0 Å². The first-order valence-corrected chi connectivity index (χ1v) is 8.95. The van der Waals surface area contributed by atoms with E-state index in [-0.39, 0.29) is 4.83 Å². The summed E-state index contributed by atoms with van der Waals surface area (Å²) in [5, 5.41) is 0. The minimum atomic E-state index is 0.229. The summed E-state index contributed by atoms with van der Waals surface area (Å²) in [6.07, 6.45) is 0. The Hall–Kier alpha value is 0.840. The molecule has 17 heavy (non-hydrogen) atoms. The highest BCUT2D eigenvalue weighted by Crippen LogP contribution is 2.41. The lowest BCUT2D eigenvalue weighted by Gasteiger charge is -2.09. The highest BCUT2D eigenvalue weighted by atomic mass is 79.9. The van der Waals surface area contributed by atoms with E-state index in [4.69, 9.17) is 0 Å². The maximum atomic E-state index is 3.75. The Bertz CT molecular complexity index is 528. The van der Waals surface area contributed by atoms with Gasteiger partial charge in [0.25, 0.3) is 0 Å². The normalized spacial score (nSPS) is 12.8. The average molecular weight is 504 g/mol. The molecule has 0 aliphatic heterocycles. The first-order valence-electron chi connectivity index (χ1n) is 4.84. The number of thiophene rings is 1. The van der Waals surface area contributed by atoms with Crippen molar-refractivity contribution in [3.8, 4) is 0 Å². The Balaban J connectivity index is 2.36. The number of hydrogen-bond acceptors (Lipinski definition) is 1. The SMILES string of the molecule is Cc1ccc(C(Br)c2cc(Br)c(Br)s2)cc1Br. The van der Waals surface area contributed by atoms with Crippen LogP contribution in [-0.4, -0.2) is 0 Å². The zero-order valence-electron chi connectivity index (χ0n) is 8.81. The second-order valence-electron chi connectivity index (χ2n) is 3.64. The van der Waals surface area contributed by atoms with Gasteiger partial charge in [-0.3, -0.25) is 0 Å². The van der Waals surface area contributed by atoms with Crippen LogP contribution in [0.4, 0.5) is 0 Å². The molecule has 0 spiro atoms. The molecule has 90 valence electrons. The van der Waals surface area contributed by atoms with Gasteiger partial charge in [0.15, 0.2) is 0 Å². The number of halogens is 4. The van der Waals surface area contributed by atoms with E-state index in [0.29, 0.717) is 0 Å². The van der Waals surface area contributed by atoms with Crippen LogP contribution in [0.1, 0.15) is 20.8 Å². The molecule has 0 bridgehead atoms. The number of benzene rings is 1. The molecule has 0 aliphatic carbocycles. The third-order valence-corrected chi connectivity index (χ3v) is 7.90. The molecular weight excluding hydrogens is 496 g/mol. The maximum absolute atomic E-state index is 3.75. The van der Waals surface area contributed by atoms with Crippen molar-refractivity contribution in [2.75, 3.05) is 0 Å². The third kappa shape index (κ3) is 3.24. The smallest absolute Gasteiger partial charge is 0.0843 e. The van der Waals surface area contributed by atoms with Crippen molar-refractivity contribution < 1.29 is 0 Å². The predicted octanol–water partition coefficient (Wildman–Crippen LogP) is 6.83. The minimum absolute atomic E-state index is 0.229. The first kappa shape index (κ1) is 14.3. The lowest BCUT2D eigenvalue weighted by molar-refractivity contribution is 1.21. The summed E-state index contributed by atoms with van der Waals surface area (Å²) in [6.45, 7) is 2.09. The van der Waals surface area contributed by atoms with E-state index >= 15 is 0 Å². The number of rotatable bonds is 2. The second-order valence-corrected chi connectivity index (χ2v) is 8.67. The Labute approximate surface area is 138 Å². The van der Waals surface area contributed by atoms with Gasteiger partial charge in [0.2, 0.25) is 0 Å². The Kier molecular flexibility index (Phi) is 4.92. The zero-order valence-corrected chi connectivity index (χ0v) is 16.0. The van der Waals surface area contributed by atoms with Crippen molar-refractivity contribution in [2.24, 2.45) is 0 Å². The molecule has 0 amide bonds. The van der Waals surface area contributed by atoms with E-state index in [2.05, 4.69) is 94.9 Å². The summed E-state index contributed by atoms with van der Waals surface area (Å²) in [5.74, 6) is 0. The van der Waals surface area contributed by atoms with Gasteiger partial charge in [0, 0.05) is 13.8 Å². The van der Waals surface area contributed by atoms with Gasteiger partial charge in [-0.05, 0) is 62.0 Å². The lowest BCUT2D eigenvalue weighted by atomic mass is 10.1. The van der Waals surface area contributed by atoms with Gasteiger partial charge in [-0.15, -0.1) is 11.3 Å². The van der Waals surface area contributed by atoms with E-state index in [9.17, 15) is 0 Å². The summed E-state index contributed by atoms with van der Waals surface area (Å²) in [4.78, 5) is 1.51. The van der Waals surface area contributed by atoms with Crippen LogP contribution in [0.2, 0.25) is 0 Å². The van der Waals surface area contributed by atoms with E-state index in [1.54, 1.807) is 11.3 Å². The highest BCUT2D eigenvalue weighted by molar-refractivity contribution is 9.13. The van der Waals surface area contributed by atoms with Crippen LogP contribution in [-0.2, 0) is 0 Å². The molecule has 0 saturated carbocycles. The fourth-order valence-corrected chi connectivity index (χ4v) is 4.61. The molecule has 1 unspecified atom stereocenters. The predicted molar refractivity (Wildman–Crippen MR) is 89.4 cm³/mol. The standard InChI is InChI=1S/C12H8Br4S/c1-6-2-3-7(4-8(6)13)11(15)10-5-9(14)12(16)17-10/h2-5,11H,1H3. The summed E-state index contributed by atoms with van der Waals surface area (Å²) in [5.41, 5.74) is 2.51. The number of hydrogen-bond donors (Lipinski definition) is 0. The van der Waals surface area contributed by atoms with Gasteiger partial charge in [-0.2, -0.15) is 0 Å². The van der Waals surface area contributed by atoms with Gasteiger partial charge in [0.1, 0.15) is 0 Å². The molecule has 1 heterocycles. The Morgan fingerprint density at radius 1 is 1.06 bits per heavy atom. The van der Waals surface area contributed by atoms with Crippen molar-refractivity contribution in [1.29, 1.82) is 0 Å². The molecule has 2 rings (SSSR count). The summed E-state index contributed by atoms with van der Waals surface area (Å²) >= 11 is 16.1. The van der Waals surface area contributed by atoms with Crippen molar-refractivity contribution in [1.82, 2.24) is 0 Å². The van der Waals surface area contributed by atoms with Crippen LogP contribution in [0.3, 0.4) is 0 Å². The molecule has 0 N–H and O–H groups in total. The topological polar surface area (TPSA) is 0 Å². The molecule has 0 aliphatic rings. The van der Waals surface area contributed by atoms with E-state index in [1.165, 1.54) is 16.0 Å². The summed E-state index contributed by atoms with van der Waals surface area (Å²) in [6, 6.07) is 8.59. The molecule has 0 nitrogen and oxygen atoms in total. The molecule has 0 radical (unpaired) electrons. The molecule has 0 saturated heterocycles. The summed E-state index contributed by atoms with van der Waals surface area (Å²) in [7, 11) is 0. The quantitative estimate of drug-likeness (QED) is 0.394. The van der Waals surface area contributed by atoms with Gasteiger partial charge in [-0.25, -0.2) is 0 Å². The van der Waals surface area contributed by atoms with Crippen molar-refractivity contribution in [3.05, 3.63) is 53.0 Å². The monoisotopic (exact) mass is 500 g/mol. The van der Waals surface area contributed by atoms with E-state index < -0.39 is 0 Å². The van der Waals surface area contributed by atoms with Gasteiger partial charge in [-0.1, -0.05) is 44.0 Å². The summed E-state index contributed by atoms with van der Waals surface area (Å²) < 4.78 is 3.38. The molecule has 1 atom stereocenters. The lowest BCUT2D eigenvalue weighted by Crippen LogP contribution is -1.90. The van der Waals surface area contributed by atoms with Gasteiger partial charge >= 0.3 is 0 Å². The fourth-order valence-electron chi connectivity index (χ4n) is 1.42. The largest absolute Gasteiger partial charge is 0.131 e. The molecule has 0 fully saturated rings. The van der Waals surface area contributed by atoms with Crippen molar-refractivity contribution in [2.45, 2.75) is 11.8 Å². The molecule has 5 heteroatoms. The number of alkyl halides is 1. The molecular formula is C12H8Br4S. The van der Waals surface area contributed by atoms with Crippen LogP contribution in [0.25, 0.3) is 0 Å². The van der Waals surface area contributed by atoms with Gasteiger partial charge in [0.05, 0.1) is 8.61 Å². The molecule has 1 aromatic heterocycles. The fraction of sp³-hybridized carbons (Fsp3) is 0.167. The van der Waals surface area contributed by atoms with Crippen molar-refractivity contribution >= 4 is 75.1 Å². The zero-order chi connectivity index (χ0) is 12.6. The van der Waals surface area contributed by atoms with Gasteiger partial charge < -0.3 is 0 Å². The number of aryl methyl sites for hydroxylation is 1. The first-order chi connectivity index (χ1) is 7.99. The second kappa shape index (κ2) is 5.87. The average Bonchev–Trinajstić information content (AvgIpc) is 2.62. The Morgan fingerprint density at radius 3 is 2.29 bits per heavy atom. The van der Waals surface area contributed by atoms with E-state index in [0.717, 1.165) is 12.7 Å². The van der Waals surface area contributed by atoms with Crippen LogP contribution < -0.4 is 0 Å². The molecule has 2 aromatic rings. The van der Waals surface area contributed by atoms with Crippen LogP contribution in [0.15, 0.2) is 37.0 Å². The third-order valence-electron chi connectivity index (χ3n) is 2.40. The molecule has 1 aromatic carbocycles. The van der Waals surface area contributed by atoms with Crippen LogP contribution in [0.5, 0.6) is 0 Å². The van der Waals surface area contributed by atoms with Crippen LogP contribution in [0, 0.1) is 6.92 Å². The maximum Gasteiger partial charge on any atom is 0.0843 e. The Morgan fingerprint density at radius 2 is 1.76 bits per heavy atom. The highest BCUT2D eigenvalue weighted by Gasteiger charge is 2.15. The van der Waals surface area contributed by atoms with Crippen LogP contribution >= 0.6 is 75.1 Å². The minimum Gasteiger partial charge on any atom is -0.131 e. The van der Waals surface area contributed by atoms with Crippen molar-refractivity contribution in [3.63, 3.8) is 0 Å².